The van der Waals surface area contributed by atoms with Crippen molar-refractivity contribution in [3.05, 3.63) is 33.7 Å². The number of ether oxygens (including phenoxy) is 2. The maximum Gasteiger partial charge on any atom is 0.336 e. The number of halogens is 1. The zero-order valence-corrected chi connectivity index (χ0v) is 14.8. The third kappa shape index (κ3) is 2.67. The first-order valence-corrected chi connectivity index (χ1v) is 8.44. The molecule has 0 spiro atoms. The van der Waals surface area contributed by atoms with Crippen molar-refractivity contribution in [3.8, 4) is 11.5 Å². The van der Waals surface area contributed by atoms with Gasteiger partial charge in [-0.2, -0.15) is 0 Å². The van der Waals surface area contributed by atoms with Gasteiger partial charge in [-0.25, -0.2) is 4.79 Å². The number of ketones is 1. The molecule has 0 radical (unpaired) electrons. The van der Waals surface area contributed by atoms with E-state index in [1.165, 1.54) is 6.07 Å². The van der Waals surface area contributed by atoms with Gasteiger partial charge in [0.25, 0.3) is 0 Å². The Morgan fingerprint density at radius 3 is 2.58 bits per heavy atom. The van der Waals surface area contributed by atoms with E-state index in [9.17, 15) is 9.59 Å². The van der Waals surface area contributed by atoms with Crippen molar-refractivity contribution in [2.45, 2.75) is 45.8 Å². The number of benzene rings is 1. The number of carbonyl (C=O) groups is 1. The standard InChI is InChI=1S/C18H19ClO5/c1-8(2)22-12-6-13-16(17(21)9(3)10(4)23-13)18-15(12)11(7-19)5-14(20)24-18/h5-6,8-10H,7H2,1-4H3/t9-,10-/m1/s1. The van der Waals surface area contributed by atoms with Crippen LogP contribution in [0.25, 0.3) is 11.0 Å². The molecule has 3 rings (SSSR count). The fourth-order valence-corrected chi connectivity index (χ4v) is 3.10. The predicted molar refractivity (Wildman–Crippen MR) is 91.4 cm³/mol. The summed E-state index contributed by atoms with van der Waals surface area (Å²) in [6, 6.07) is 3.02. The minimum Gasteiger partial charge on any atom is -0.490 e. The van der Waals surface area contributed by atoms with Crippen LogP contribution in [0.2, 0.25) is 0 Å². The molecule has 1 aliphatic heterocycles. The number of rotatable bonds is 3. The van der Waals surface area contributed by atoms with Crippen molar-refractivity contribution < 1.29 is 18.7 Å². The lowest BCUT2D eigenvalue weighted by atomic mass is 9.89. The van der Waals surface area contributed by atoms with E-state index < -0.39 is 5.63 Å². The predicted octanol–water partition coefficient (Wildman–Crippen LogP) is 3.92. The minimum absolute atomic E-state index is 0.100. The van der Waals surface area contributed by atoms with Gasteiger partial charge in [-0.05, 0) is 26.3 Å². The molecule has 0 saturated carbocycles. The van der Waals surface area contributed by atoms with Gasteiger partial charge < -0.3 is 13.9 Å². The van der Waals surface area contributed by atoms with Crippen molar-refractivity contribution in [3.63, 3.8) is 0 Å². The van der Waals surface area contributed by atoms with E-state index in [0.717, 1.165) is 0 Å². The fraction of sp³-hybridized carbons (Fsp3) is 0.444. The van der Waals surface area contributed by atoms with E-state index in [1.807, 2.05) is 20.8 Å². The van der Waals surface area contributed by atoms with Crippen LogP contribution in [0.4, 0.5) is 0 Å². The molecule has 0 bridgehead atoms. The molecule has 0 saturated heterocycles. The van der Waals surface area contributed by atoms with E-state index in [2.05, 4.69) is 0 Å². The first kappa shape index (κ1) is 16.8. The van der Waals surface area contributed by atoms with Crippen molar-refractivity contribution in [1.29, 1.82) is 0 Å². The quantitative estimate of drug-likeness (QED) is 0.620. The molecule has 6 heteroatoms. The summed E-state index contributed by atoms with van der Waals surface area (Å²) in [7, 11) is 0. The lowest BCUT2D eigenvalue weighted by Crippen LogP contribution is -2.34. The van der Waals surface area contributed by atoms with Gasteiger partial charge in [0.05, 0.1) is 17.4 Å². The Morgan fingerprint density at radius 2 is 1.96 bits per heavy atom. The normalized spacial score (nSPS) is 20.2. The summed E-state index contributed by atoms with van der Waals surface area (Å²) in [6.07, 6.45) is -0.366. The first-order valence-electron chi connectivity index (χ1n) is 7.90. The summed E-state index contributed by atoms with van der Waals surface area (Å²) in [6.45, 7) is 7.41. The van der Waals surface area contributed by atoms with Gasteiger partial charge in [0, 0.05) is 18.0 Å². The van der Waals surface area contributed by atoms with Crippen LogP contribution in [0.15, 0.2) is 21.3 Å². The molecule has 1 aromatic heterocycles. The molecule has 1 aliphatic rings. The zero-order valence-electron chi connectivity index (χ0n) is 14.0. The SMILES string of the molecule is CC(C)Oc1cc2c(c3oc(=O)cc(CCl)c13)C(=O)[C@H](C)[C@@H](C)O2. The van der Waals surface area contributed by atoms with Gasteiger partial charge >= 0.3 is 5.63 Å². The lowest BCUT2D eigenvalue weighted by molar-refractivity contribution is 0.0730. The molecule has 0 N–H and O–H groups in total. The molecule has 0 unspecified atom stereocenters. The number of alkyl halides is 1. The Bertz CT molecular complexity index is 868. The second-order valence-corrected chi connectivity index (χ2v) is 6.59. The van der Waals surface area contributed by atoms with Crippen LogP contribution >= 0.6 is 11.6 Å². The van der Waals surface area contributed by atoms with Gasteiger partial charge in [0.15, 0.2) is 11.4 Å². The molecule has 2 aromatic rings. The van der Waals surface area contributed by atoms with Crippen LogP contribution in [0, 0.1) is 5.92 Å². The number of fused-ring (bicyclic) bond motifs is 3. The molecule has 2 heterocycles. The monoisotopic (exact) mass is 350 g/mol. The Morgan fingerprint density at radius 1 is 1.25 bits per heavy atom. The Kier molecular flexibility index (Phi) is 4.30. The van der Waals surface area contributed by atoms with Crippen molar-refractivity contribution >= 4 is 28.4 Å². The average Bonchev–Trinajstić information content (AvgIpc) is 2.50. The molecular formula is C18H19ClO5. The summed E-state index contributed by atoms with van der Waals surface area (Å²) >= 11 is 6.01. The maximum absolute atomic E-state index is 12.8. The molecule has 0 aliphatic carbocycles. The summed E-state index contributed by atoms with van der Waals surface area (Å²) in [5.74, 6) is 0.537. The summed E-state index contributed by atoms with van der Waals surface area (Å²) in [5.41, 5.74) is 0.493. The highest BCUT2D eigenvalue weighted by Crippen LogP contribution is 2.42. The van der Waals surface area contributed by atoms with Crippen molar-refractivity contribution in [2.75, 3.05) is 0 Å². The fourth-order valence-electron chi connectivity index (χ4n) is 2.88. The smallest absolute Gasteiger partial charge is 0.336 e. The van der Waals surface area contributed by atoms with E-state index >= 15 is 0 Å². The number of hydrogen-bond donors (Lipinski definition) is 0. The van der Waals surface area contributed by atoms with Crippen LogP contribution in [0.5, 0.6) is 11.5 Å². The van der Waals surface area contributed by atoms with E-state index in [1.54, 1.807) is 13.0 Å². The van der Waals surface area contributed by atoms with Crippen molar-refractivity contribution in [1.82, 2.24) is 0 Å². The number of Topliss-reactive ketones (excluding diaryl/α,β-unsaturated/α-hetero) is 1. The topological polar surface area (TPSA) is 65.7 Å². The second-order valence-electron chi connectivity index (χ2n) is 6.32. The Labute approximate surface area is 144 Å². The third-order valence-corrected chi connectivity index (χ3v) is 4.50. The van der Waals surface area contributed by atoms with E-state index in [-0.39, 0.29) is 40.9 Å². The second kappa shape index (κ2) is 6.13. The highest BCUT2D eigenvalue weighted by atomic mass is 35.5. The minimum atomic E-state index is -0.555. The summed E-state index contributed by atoms with van der Waals surface area (Å²) < 4.78 is 17.1. The molecule has 128 valence electrons. The van der Waals surface area contributed by atoms with Crippen LogP contribution in [-0.4, -0.2) is 18.0 Å². The molecule has 24 heavy (non-hydrogen) atoms. The highest BCUT2D eigenvalue weighted by Gasteiger charge is 2.35. The first-order chi connectivity index (χ1) is 11.3. The summed E-state index contributed by atoms with van der Waals surface area (Å²) in [4.78, 5) is 24.7. The largest absolute Gasteiger partial charge is 0.490 e. The molecule has 1 aromatic carbocycles. The molecule has 5 nitrogen and oxygen atoms in total. The van der Waals surface area contributed by atoms with Crippen molar-refractivity contribution in [2.24, 2.45) is 5.92 Å². The van der Waals surface area contributed by atoms with Crippen LogP contribution in [-0.2, 0) is 5.88 Å². The van der Waals surface area contributed by atoms with Gasteiger partial charge in [-0.3, -0.25) is 4.79 Å². The molecule has 2 atom stereocenters. The number of carbonyl (C=O) groups excluding carboxylic acids is 1. The van der Waals surface area contributed by atoms with Gasteiger partial charge in [0.1, 0.15) is 23.2 Å². The Balaban J connectivity index is 2.42. The van der Waals surface area contributed by atoms with Gasteiger partial charge in [-0.15, -0.1) is 11.6 Å². The molecule has 0 fully saturated rings. The van der Waals surface area contributed by atoms with Crippen LogP contribution < -0.4 is 15.1 Å². The van der Waals surface area contributed by atoms with Crippen LogP contribution in [0.1, 0.15) is 43.6 Å². The molecule has 0 amide bonds. The number of hydrogen-bond acceptors (Lipinski definition) is 5. The van der Waals surface area contributed by atoms with E-state index in [4.69, 9.17) is 25.5 Å². The molecular weight excluding hydrogens is 332 g/mol. The zero-order chi connectivity index (χ0) is 17.6. The third-order valence-electron chi connectivity index (χ3n) is 4.21. The lowest BCUT2D eigenvalue weighted by Gasteiger charge is -2.29. The maximum atomic E-state index is 12.8. The Hall–Kier alpha value is -2.01. The summed E-state index contributed by atoms with van der Waals surface area (Å²) in [5, 5.41) is 0.552. The van der Waals surface area contributed by atoms with Crippen LogP contribution in [0.3, 0.4) is 0 Å². The average molecular weight is 351 g/mol. The van der Waals surface area contributed by atoms with Gasteiger partial charge in [-0.1, -0.05) is 6.92 Å². The highest BCUT2D eigenvalue weighted by molar-refractivity contribution is 6.19. The van der Waals surface area contributed by atoms with Gasteiger partial charge in [0.2, 0.25) is 0 Å². The van der Waals surface area contributed by atoms with E-state index in [0.29, 0.717) is 22.4 Å².